The van der Waals surface area contributed by atoms with E-state index in [9.17, 15) is 18.0 Å². The molecular weight excluding hydrogens is 340 g/mol. The van der Waals surface area contributed by atoms with Gasteiger partial charge in [0, 0.05) is 23.9 Å². The van der Waals surface area contributed by atoms with Crippen molar-refractivity contribution in [2.24, 2.45) is 5.92 Å². The molecule has 1 amide bonds. The van der Waals surface area contributed by atoms with Crippen LogP contribution in [0.2, 0.25) is 0 Å². The molecule has 2 aromatic rings. The van der Waals surface area contributed by atoms with Crippen molar-refractivity contribution in [3.05, 3.63) is 58.4 Å². The SMILES string of the molecule is CC(C)CS(=O)(=O)CCNC(=O)c1cccc(-c2cccc(=O)[nH]2)c1. The molecule has 0 bridgehead atoms. The number of pyridine rings is 1. The molecule has 0 unspecified atom stereocenters. The average Bonchev–Trinajstić information content (AvgIpc) is 2.53. The van der Waals surface area contributed by atoms with Crippen molar-refractivity contribution < 1.29 is 13.2 Å². The van der Waals surface area contributed by atoms with Crippen molar-refractivity contribution in [1.82, 2.24) is 10.3 Å². The number of carbonyl (C=O) groups excluding carboxylic acids is 1. The molecule has 25 heavy (non-hydrogen) atoms. The molecule has 6 nitrogen and oxygen atoms in total. The van der Waals surface area contributed by atoms with Crippen molar-refractivity contribution in [2.45, 2.75) is 13.8 Å². The lowest BCUT2D eigenvalue weighted by atomic mass is 10.1. The summed E-state index contributed by atoms with van der Waals surface area (Å²) in [6, 6.07) is 11.6. The number of aromatic amines is 1. The minimum absolute atomic E-state index is 0.0606. The van der Waals surface area contributed by atoms with Gasteiger partial charge in [0.15, 0.2) is 9.84 Å². The molecule has 2 rings (SSSR count). The Morgan fingerprint density at radius 3 is 2.56 bits per heavy atom. The third-order valence-corrected chi connectivity index (χ3v) is 5.49. The third kappa shape index (κ3) is 5.86. The van der Waals surface area contributed by atoms with E-state index in [1.54, 1.807) is 36.4 Å². The quantitative estimate of drug-likeness (QED) is 0.785. The normalized spacial score (nSPS) is 11.5. The first kappa shape index (κ1) is 18.9. The maximum atomic E-state index is 12.2. The highest BCUT2D eigenvalue weighted by Crippen LogP contribution is 2.16. The molecule has 2 N–H and O–H groups in total. The predicted octanol–water partition coefficient (Wildman–Crippen LogP) is 1.84. The molecule has 134 valence electrons. The minimum atomic E-state index is -3.17. The molecule has 0 saturated heterocycles. The van der Waals surface area contributed by atoms with E-state index < -0.39 is 9.84 Å². The van der Waals surface area contributed by atoms with Crippen LogP contribution in [0.25, 0.3) is 11.3 Å². The van der Waals surface area contributed by atoms with Gasteiger partial charge < -0.3 is 10.3 Å². The number of rotatable bonds is 7. The number of H-pyrrole nitrogens is 1. The maximum Gasteiger partial charge on any atom is 0.251 e. The Morgan fingerprint density at radius 2 is 1.88 bits per heavy atom. The van der Waals surface area contributed by atoms with Crippen molar-refractivity contribution in [2.75, 3.05) is 18.1 Å². The summed E-state index contributed by atoms with van der Waals surface area (Å²) in [5.41, 5.74) is 1.51. The topological polar surface area (TPSA) is 96.1 Å². The first-order valence-corrected chi connectivity index (χ1v) is 9.87. The second-order valence-electron chi connectivity index (χ2n) is 6.27. The largest absolute Gasteiger partial charge is 0.351 e. The van der Waals surface area contributed by atoms with E-state index in [4.69, 9.17) is 0 Å². The summed E-state index contributed by atoms with van der Waals surface area (Å²) in [6.07, 6.45) is 0. The van der Waals surface area contributed by atoms with E-state index >= 15 is 0 Å². The molecule has 0 aliphatic heterocycles. The van der Waals surface area contributed by atoms with E-state index in [2.05, 4.69) is 10.3 Å². The number of carbonyl (C=O) groups is 1. The fourth-order valence-corrected chi connectivity index (χ4v) is 4.05. The summed E-state index contributed by atoms with van der Waals surface area (Å²) < 4.78 is 23.7. The number of benzene rings is 1. The lowest BCUT2D eigenvalue weighted by Gasteiger charge is -2.09. The Labute approximate surface area is 147 Å². The highest BCUT2D eigenvalue weighted by Gasteiger charge is 2.14. The van der Waals surface area contributed by atoms with Crippen molar-refractivity contribution in [3.8, 4) is 11.3 Å². The molecule has 7 heteroatoms. The molecule has 0 aliphatic rings. The van der Waals surface area contributed by atoms with Crippen LogP contribution in [0, 0.1) is 5.92 Å². The molecule has 0 aliphatic carbocycles. The summed E-state index contributed by atoms with van der Waals surface area (Å²) in [7, 11) is -3.17. The number of hydrogen-bond acceptors (Lipinski definition) is 4. The highest BCUT2D eigenvalue weighted by molar-refractivity contribution is 7.91. The summed E-state index contributed by atoms with van der Waals surface area (Å²) >= 11 is 0. The Balaban J connectivity index is 2.03. The highest BCUT2D eigenvalue weighted by atomic mass is 32.2. The van der Waals surface area contributed by atoms with E-state index in [1.807, 2.05) is 13.8 Å². The Morgan fingerprint density at radius 1 is 1.16 bits per heavy atom. The number of sulfone groups is 1. The van der Waals surface area contributed by atoms with Crippen LogP contribution in [-0.2, 0) is 9.84 Å². The molecule has 0 spiro atoms. The minimum Gasteiger partial charge on any atom is -0.351 e. The lowest BCUT2D eigenvalue weighted by molar-refractivity contribution is 0.0956. The first-order chi connectivity index (χ1) is 11.8. The third-order valence-electron chi connectivity index (χ3n) is 3.49. The summed E-state index contributed by atoms with van der Waals surface area (Å²) in [5.74, 6) is -0.257. The van der Waals surface area contributed by atoms with Crippen molar-refractivity contribution in [1.29, 1.82) is 0 Å². The Hall–Kier alpha value is -2.41. The van der Waals surface area contributed by atoms with Gasteiger partial charge >= 0.3 is 0 Å². The predicted molar refractivity (Wildman–Crippen MR) is 98.3 cm³/mol. The monoisotopic (exact) mass is 362 g/mol. The van der Waals surface area contributed by atoms with Crippen molar-refractivity contribution >= 4 is 15.7 Å². The zero-order valence-electron chi connectivity index (χ0n) is 14.3. The van der Waals surface area contributed by atoms with Gasteiger partial charge in [0.1, 0.15) is 0 Å². The van der Waals surface area contributed by atoms with Crippen LogP contribution in [0.5, 0.6) is 0 Å². The van der Waals surface area contributed by atoms with Crippen molar-refractivity contribution in [3.63, 3.8) is 0 Å². The molecule has 1 aromatic heterocycles. The van der Waals surface area contributed by atoms with E-state index in [-0.39, 0.29) is 35.4 Å². The van der Waals surface area contributed by atoms with Crippen LogP contribution in [0.1, 0.15) is 24.2 Å². The van der Waals surface area contributed by atoms with Gasteiger partial charge in [0.25, 0.3) is 5.91 Å². The van der Waals surface area contributed by atoms with E-state index in [0.29, 0.717) is 16.8 Å². The molecule has 1 aromatic carbocycles. The summed E-state index contributed by atoms with van der Waals surface area (Å²) in [5, 5.41) is 2.63. The van der Waals surface area contributed by atoms with Crippen LogP contribution in [0.15, 0.2) is 47.3 Å². The van der Waals surface area contributed by atoms with Gasteiger partial charge in [-0.25, -0.2) is 8.42 Å². The second-order valence-corrected chi connectivity index (χ2v) is 8.50. The van der Waals surface area contributed by atoms with Gasteiger partial charge in [0.2, 0.25) is 5.56 Å². The molecule has 0 fully saturated rings. The summed E-state index contributed by atoms with van der Waals surface area (Å²) in [6.45, 7) is 3.76. The van der Waals surface area contributed by atoms with Gasteiger partial charge in [-0.3, -0.25) is 9.59 Å². The van der Waals surface area contributed by atoms with Crippen LogP contribution in [0.4, 0.5) is 0 Å². The zero-order valence-corrected chi connectivity index (χ0v) is 15.1. The molecule has 0 radical (unpaired) electrons. The van der Waals surface area contributed by atoms with Gasteiger partial charge in [-0.05, 0) is 29.7 Å². The number of hydrogen-bond donors (Lipinski definition) is 2. The van der Waals surface area contributed by atoms with Gasteiger partial charge in [-0.2, -0.15) is 0 Å². The smallest absolute Gasteiger partial charge is 0.251 e. The maximum absolute atomic E-state index is 12.2. The average molecular weight is 362 g/mol. The molecule has 0 atom stereocenters. The van der Waals surface area contributed by atoms with Crippen LogP contribution in [-0.4, -0.2) is 37.4 Å². The van der Waals surface area contributed by atoms with Crippen LogP contribution < -0.4 is 10.9 Å². The van der Waals surface area contributed by atoms with Gasteiger partial charge in [0.05, 0.1) is 11.5 Å². The molecular formula is C18H22N2O4S. The van der Waals surface area contributed by atoms with Gasteiger partial charge in [-0.1, -0.05) is 32.0 Å². The molecule has 0 saturated carbocycles. The Kier molecular flexibility index (Phi) is 6.14. The zero-order chi connectivity index (χ0) is 18.4. The molecule has 1 heterocycles. The fourth-order valence-electron chi connectivity index (χ4n) is 2.46. The number of nitrogens with one attached hydrogen (secondary N) is 2. The van der Waals surface area contributed by atoms with E-state index in [0.717, 1.165) is 0 Å². The first-order valence-electron chi connectivity index (χ1n) is 8.05. The van der Waals surface area contributed by atoms with Gasteiger partial charge in [-0.15, -0.1) is 0 Å². The standard InChI is InChI=1S/C18H22N2O4S/c1-13(2)12-25(23,24)10-9-19-18(22)15-6-3-5-14(11-15)16-7-4-8-17(21)20-16/h3-8,11,13H,9-10,12H2,1-2H3,(H,19,22)(H,20,21). The lowest BCUT2D eigenvalue weighted by Crippen LogP contribution is -2.30. The second kappa shape index (κ2) is 8.11. The number of aromatic nitrogens is 1. The van der Waals surface area contributed by atoms with Crippen LogP contribution >= 0.6 is 0 Å². The fraction of sp³-hybridized carbons (Fsp3) is 0.333. The van der Waals surface area contributed by atoms with E-state index in [1.165, 1.54) is 6.07 Å². The Bertz CT molecular complexity index is 901. The number of amides is 1. The van der Waals surface area contributed by atoms with Crippen LogP contribution in [0.3, 0.4) is 0 Å². The summed E-state index contributed by atoms with van der Waals surface area (Å²) in [4.78, 5) is 26.3.